The van der Waals surface area contributed by atoms with Gasteiger partial charge in [0.05, 0.1) is 13.7 Å². The molecule has 43 heavy (non-hydrogen) atoms. The quantitative estimate of drug-likeness (QED) is 0.141. The summed E-state index contributed by atoms with van der Waals surface area (Å²) in [6.07, 6.45) is 5.64. The topological polar surface area (TPSA) is 87.3 Å². The van der Waals surface area contributed by atoms with Gasteiger partial charge in [-0.15, -0.1) is 11.3 Å². The number of thiophene rings is 1. The van der Waals surface area contributed by atoms with Crippen LogP contribution in [0, 0.1) is 0 Å². The van der Waals surface area contributed by atoms with E-state index in [-0.39, 0.29) is 24.1 Å². The molecule has 0 aliphatic carbocycles. The number of phenols is 1. The van der Waals surface area contributed by atoms with Crippen molar-refractivity contribution in [2.24, 2.45) is 0 Å². The minimum Gasteiger partial charge on any atom is -0.508 e. The largest absolute Gasteiger partial charge is 0.508 e. The van der Waals surface area contributed by atoms with Crippen molar-refractivity contribution < 1.29 is 24.8 Å². The van der Waals surface area contributed by atoms with Crippen LogP contribution in [0.1, 0.15) is 36.0 Å². The van der Waals surface area contributed by atoms with Gasteiger partial charge in [0.25, 0.3) is 0 Å². The number of aromatic nitrogens is 1. The third-order valence-electron chi connectivity index (χ3n) is 8.25. The Bertz CT molecular complexity index is 1670. The van der Waals surface area contributed by atoms with E-state index in [1.54, 1.807) is 24.5 Å². The molecule has 3 N–H and O–H groups in total. The van der Waals surface area contributed by atoms with Gasteiger partial charge in [0.2, 0.25) is 0 Å². The first-order valence-electron chi connectivity index (χ1n) is 14.9. The van der Waals surface area contributed by atoms with Gasteiger partial charge in [-0.3, -0.25) is 4.57 Å². The number of rotatable bonds is 12. The predicted molar refractivity (Wildman–Crippen MR) is 172 cm³/mol. The molecule has 1 saturated heterocycles. The van der Waals surface area contributed by atoms with Gasteiger partial charge in [0.1, 0.15) is 12.4 Å². The maximum atomic E-state index is 10.2. The van der Waals surface area contributed by atoms with Crippen molar-refractivity contribution in [1.82, 2.24) is 9.47 Å². The van der Waals surface area contributed by atoms with Crippen LogP contribution in [0.4, 0.5) is 0 Å². The van der Waals surface area contributed by atoms with Crippen LogP contribution in [-0.4, -0.2) is 58.1 Å². The van der Waals surface area contributed by atoms with Gasteiger partial charge in [0, 0.05) is 21.7 Å². The van der Waals surface area contributed by atoms with E-state index in [0.717, 1.165) is 22.1 Å². The Balaban J connectivity index is 1.20. The van der Waals surface area contributed by atoms with E-state index in [2.05, 4.69) is 29.2 Å². The molecule has 2 aromatic heterocycles. The van der Waals surface area contributed by atoms with Crippen molar-refractivity contribution in [1.29, 1.82) is 0 Å². The molecule has 3 heterocycles. The molecule has 3 aromatic carbocycles. The molecular weight excluding hydrogens is 560 g/mol. The third kappa shape index (κ3) is 6.60. The molecule has 7 nitrogen and oxygen atoms in total. The van der Waals surface area contributed by atoms with E-state index in [0.29, 0.717) is 24.5 Å². The summed E-state index contributed by atoms with van der Waals surface area (Å²) in [5.74, 6) is 1.46. The molecular formula is C35H38N2O5S. The Morgan fingerprint density at radius 1 is 0.791 bits per heavy atom. The first-order chi connectivity index (χ1) is 21.0. The van der Waals surface area contributed by atoms with E-state index in [1.807, 2.05) is 30.3 Å². The summed E-state index contributed by atoms with van der Waals surface area (Å²) in [6, 6.07) is 23.4. The van der Waals surface area contributed by atoms with Gasteiger partial charge in [0.15, 0.2) is 23.3 Å². The predicted octanol–water partition coefficient (Wildman–Crippen LogP) is 7.19. The molecule has 0 saturated carbocycles. The SMILES string of the molecule is COc1cc(Cc2c(-c3ccc(CCCN4CCCC4)cc3)sc3cc(O)ccc23)ccc1OCCn1c(O)ccc1O. The number of methoxy groups -OCH3 is 1. The molecule has 0 radical (unpaired) electrons. The number of hydrogen-bond donors (Lipinski definition) is 3. The highest BCUT2D eigenvalue weighted by atomic mass is 32.1. The minimum atomic E-state index is -0.0114. The molecule has 5 aromatic rings. The van der Waals surface area contributed by atoms with Gasteiger partial charge >= 0.3 is 0 Å². The smallest absolute Gasteiger partial charge is 0.193 e. The normalized spacial score (nSPS) is 13.6. The average Bonchev–Trinajstić information content (AvgIpc) is 3.74. The zero-order chi connectivity index (χ0) is 29.8. The lowest BCUT2D eigenvalue weighted by Crippen LogP contribution is -2.20. The second-order valence-electron chi connectivity index (χ2n) is 11.2. The van der Waals surface area contributed by atoms with Gasteiger partial charge in [-0.25, -0.2) is 0 Å². The number of likely N-dealkylation sites (tertiary alicyclic amines) is 1. The lowest BCUT2D eigenvalue weighted by Gasteiger charge is -2.14. The lowest BCUT2D eigenvalue weighted by atomic mass is 9.97. The van der Waals surface area contributed by atoms with Crippen molar-refractivity contribution in [3.05, 3.63) is 89.5 Å². The second-order valence-corrected chi connectivity index (χ2v) is 12.2. The van der Waals surface area contributed by atoms with E-state index in [1.165, 1.54) is 77.2 Å². The number of aromatic hydroxyl groups is 3. The third-order valence-corrected chi connectivity index (χ3v) is 9.49. The standard InChI is InChI=1S/C35H38N2O5S/c1-41-31-22-25(8-13-30(31)42-20-19-37-33(39)14-15-34(37)40)21-29-28-12-11-27(38)23-32(28)43-35(29)26-9-6-24(7-10-26)5-4-18-36-16-2-3-17-36/h6-15,22-23,38-40H,2-5,16-21H2,1H3. The summed E-state index contributed by atoms with van der Waals surface area (Å²) in [4.78, 5) is 3.78. The molecule has 224 valence electrons. The number of aryl methyl sites for hydroxylation is 1. The van der Waals surface area contributed by atoms with E-state index in [9.17, 15) is 15.3 Å². The summed E-state index contributed by atoms with van der Waals surface area (Å²) in [6.45, 7) is 4.22. The maximum absolute atomic E-state index is 10.2. The van der Waals surface area contributed by atoms with Gasteiger partial charge in [-0.1, -0.05) is 30.3 Å². The van der Waals surface area contributed by atoms with Crippen molar-refractivity contribution in [3.63, 3.8) is 0 Å². The Morgan fingerprint density at radius 2 is 1.53 bits per heavy atom. The fourth-order valence-corrected chi connectivity index (χ4v) is 7.21. The molecule has 1 aliphatic rings. The van der Waals surface area contributed by atoms with Crippen LogP contribution in [0.3, 0.4) is 0 Å². The summed E-state index contributed by atoms with van der Waals surface area (Å²) in [5, 5.41) is 31.1. The zero-order valence-corrected chi connectivity index (χ0v) is 25.3. The number of phenolic OH excluding ortho intramolecular Hbond substituents is 1. The van der Waals surface area contributed by atoms with Crippen LogP contribution in [0.25, 0.3) is 20.5 Å². The highest BCUT2D eigenvalue weighted by Crippen LogP contribution is 2.42. The van der Waals surface area contributed by atoms with Gasteiger partial charge < -0.3 is 29.7 Å². The van der Waals surface area contributed by atoms with Crippen LogP contribution in [-0.2, 0) is 19.4 Å². The molecule has 6 rings (SSSR count). The molecule has 8 heteroatoms. The first-order valence-corrected chi connectivity index (χ1v) is 15.7. The molecule has 0 unspecified atom stereocenters. The number of hydrogen-bond acceptors (Lipinski definition) is 7. The van der Waals surface area contributed by atoms with E-state index >= 15 is 0 Å². The fraction of sp³-hybridized carbons (Fsp3) is 0.314. The number of ether oxygens (including phenoxy) is 2. The first kappa shape index (κ1) is 29.0. The molecule has 0 spiro atoms. The molecule has 1 fully saturated rings. The van der Waals surface area contributed by atoms with Crippen LogP contribution in [0.5, 0.6) is 29.0 Å². The molecule has 1 aliphatic heterocycles. The van der Waals surface area contributed by atoms with Gasteiger partial charge in [-0.05, 0) is 110 Å². The second kappa shape index (κ2) is 13.0. The molecule has 0 atom stereocenters. The molecule has 0 amide bonds. The van der Waals surface area contributed by atoms with Crippen molar-refractivity contribution >= 4 is 21.4 Å². The fourth-order valence-electron chi connectivity index (χ4n) is 5.95. The lowest BCUT2D eigenvalue weighted by molar-refractivity contribution is 0.263. The maximum Gasteiger partial charge on any atom is 0.193 e. The summed E-state index contributed by atoms with van der Waals surface area (Å²) in [5.41, 5.74) is 4.85. The Kier molecular flexibility index (Phi) is 8.77. The monoisotopic (exact) mass is 598 g/mol. The average molecular weight is 599 g/mol. The van der Waals surface area contributed by atoms with Crippen molar-refractivity contribution in [3.8, 4) is 39.4 Å². The minimum absolute atomic E-state index is 0.0114. The van der Waals surface area contributed by atoms with Crippen LogP contribution in [0.15, 0.2) is 72.8 Å². The Hall–Kier alpha value is -4.14. The molecule has 0 bridgehead atoms. The number of nitrogens with zero attached hydrogens (tertiary/aromatic N) is 2. The van der Waals surface area contributed by atoms with E-state index < -0.39 is 0 Å². The van der Waals surface area contributed by atoms with Crippen LogP contribution in [0.2, 0.25) is 0 Å². The number of fused-ring (bicyclic) bond motifs is 1. The van der Waals surface area contributed by atoms with Crippen molar-refractivity contribution in [2.75, 3.05) is 33.4 Å². The van der Waals surface area contributed by atoms with Crippen LogP contribution >= 0.6 is 11.3 Å². The van der Waals surface area contributed by atoms with Crippen molar-refractivity contribution in [2.45, 2.75) is 38.6 Å². The van der Waals surface area contributed by atoms with Crippen LogP contribution < -0.4 is 9.47 Å². The Morgan fingerprint density at radius 3 is 2.28 bits per heavy atom. The highest BCUT2D eigenvalue weighted by Gasteiger charge is 2.17. The number of benzene rings is 3. The van der Waals surface area contributed by atoms with Gasteiger partial charge in [-0.2, -0.15) is 0 Å². The Labute approximate surface area is 256 Å². The zero-order valence-electron chi connectivity index (χ0n) is 24.5. The summed E-state index contributed by atoms with van der Waals surface area (Å²) < 4.78 is 14.1. The summed E-state index contributed by atoms with van der Waals surface area (Å²) >= 11 is 1.71. The highest BCUT2D eigenvalue weighted by molar-refractivity contribution is 7.22. The van der Waals surface area contributed by atoms with E-state index in [4.69, 9.17) is 9.47 Å². The summed E-state index contributed by atoms with van der Waals surface area (Å²) in [7, 11) is 1.62.